The number of pyridine rings is 1. The standard InChI is InChI=1S/C21H23ClN6O2S/c1-14-3-6-17(7-4-14)28-20(27-9-11-30-12-10-27)25-26-21(28)31-15(2)19(29)24-18-8-5-16(22)13-23-18/h3-8,13,15H,9-12H2,1-2H3,(H,23,24,29). The van der Waals surface area contributed by atoms with Gasteiger partial charge in [-0.2, -0.15) is 0 Å². The number of rotatable bonds is 6. The molecule has 1 unspecified atom stereocenters. The monoisotopic (exact) mass is 458 g/mol. The fourth-order valence-corrected chi connectivity index (χ4v) is 4.09. The van der Waals surface area contributed by atoms with Gasteiger partial charge in [0.15, 0.2) is 5.16 Å². The van der Waals surface area contributed by atoms with Crippen molar-refractivity contribution in [1.82, 2.24) is 19.7 Å². The third-order valence-electron chi connectivity index (χ3n) is 4.83. The van der Waals surface area contributed by atoms with E-state index in [1.165, 1.54) is 23.5 Å². The Morgan fingerprint density at radius 3 is 2.58 bits per heavy atom. The summed E-state index contributed by atoms with van der Waals surface area (Å²) in [6, 6.07) is 11.5. The zero-order chi connectivity index (χ0) is 21.8. The molecule has 2 aromatic heterocycles. The maximum absolute atomic E-state index is 12.7. The third kappa shape index (κ3) is 5.17. The molecule has 1 aromatic carbocycles. The summed E-state index contributed by atoms with van der Waals surface area (Å²) in [4.78, 5) is 19.0. The van der Waals surface area contributed by atoms with Gasteiger partial charge in [-0.1, -0.05) is 41.1 Å². The van der Waals surface area contributed by atoms with Gasteiger partial charge in [0.2, 0.25) is 11.9 Å². The van der Waals surface area contributed by atoms with Crippen molar-refractivity contribution in [1.29, 1.82) is 0 Å². The van der Waals surface area contributed by atoms with E-state index in [4.69, 9.17) is 16.3 Å². The summed E-state index contributed by atoms with van der Waals surface area (Å²) in [6.07, 6.45) is 1.50. The number of hydrogen-bond acceptors (Lipinski definition) is 7. The van der Waals surface area contributed by atoms with Crippen LogP contribution in [0.5, 0.6) is 0 Å². The number of morpholine rings is 1. The van der Waals surface area contributed by atoms with E-state index >= 15 is 0 Å². The number of nitrogens with one attached hydrogen (secondary N) is 1. The molecule has 162 valence electrons. The molecule has 1 N–H and O–H groups in total. The van der Waals surface area contributed by atoms with Crippen LogP contribution in [0, 0.1) is 6.92 Å². The van der Waals surface area contributed by atoms with Crippen LogP contribution in [0.3, 0.4) is 0 Å². The van der Waals surface area contributed by atoms with E-state index in [0.29, 0.717) is 29.2 Å². The highest BCUT2D eigenvalue weighted by Gasteiger charge is 2.25. The second kappa shape index (κ2) is 9.67. The lowest BCUT2D eigenvalue weighted by Crippen LogP contribution is -2.38. The molecule has 0 bridgehead atoms. The largest absolute Gasteiger partial charge is 0.378 e. The quantitative estimate of drug-likeness (QED) is 0.565. The highest BCUT2D eigenvalue weighted by Crippen LogP contribution is 2.30. The van der Waals surface area contributed by atoms with Crippen LogP contribution in [-0.2, 0) is 9.53 Å². The number of amides is 1. The van der Waals surface area contributed by atoms with Crippen LogP contribution in [0.4, 0.5) is 11.8 Å². The van der Waals surface area contributed by atoms with Gasteiger partial charge in [-0.05, 0) is 38.1 Å². The molecule has 10 heteroatoms. The Labute approximate surface area is 190 Å². The van der Waals surface area contributed by atoms with E-state index in [1.54, 1.807) is 12.1 Å². The normalized spacial score (nSPS) is 15.0. The number of carbonyl (C=O) groups excluding carboxylic acids is 1. The summed E-state index contributed by atoms with van der Waals surface area (Å²) in [5.74, 6) is 1.03. The minimum Gasteiger partial charge on any atom is -0.378 e. The Hall–Kier alpha value is -2.62. The van der Waals surface area contributed by atoms with Crippen molar-refractivity contribution < 1.29 is 9.53 Å². The molecule has 1 fully saturated rings. The van der Waals surface area contributed by atoms with Gasteiger partial charge in [0.05, 0.1) is 29.2 Å². The van der Waals surface area contributed by atoms with Crippen LogP contribution in [-0.4, -0.2) is 57.2 Å². The van der Waals surface area contributed by atoms with Crippen LogP contribution in [0.1, 0.15) is 12.5 Å². The van der Waals surface area contributed by atoms with Gasteiger partial charge in [-0.25, -0.2) is 4.98 Å². The Balaban J connectivity index is 1.58. The number of carbonyl (C=O) groups is 1. The Kier molecular flexibility index (Phi) is 6.74. The van der Waals surface area contributed by atoms with Crippen LogP contribution >= 0.6 is 23.4 Å². The summed E-state index contributed by atoms with van der Waals surface area (Å²) in [7, 11) is 0. The highest BCUT2D eigenvalue weighted by molar-refractivity contribution is 8.00. The molecule has 1 amide bonds. The van der Waals surface area contributed by atoms with Gasteiger partial charge >= 0.3 is 0 Å². The van der Waals surface area contributed by atoms with Gasteiger partial charge in [-0.3, -0.25) is 9.36 Å². The summed E-state index contributed by atoms with van der Waals surface area (Å²) in [6.45, 7) is 6.66. The predicted octanol–water partition coefficient (Wildman–Crippen LogP) is 3.58. The van der Waals surface area contributed by atoms with E-state index in [-0.39, 0.29) is 5.91 Å². The van der Waals surface area contributed by atoms with Gasteiger partial charge in [0.25, 0.3) is 0 Å². The summed E-state index contributed by atoms with van der Waals surface area (Å²) < 4.78 is 7.48. The summed E-state index contributed by atoms with van der Waals surface area (Å²) in [5.41, 5.74) is 2.12. The number of aromatic nitrogens is 4. The van der Waals surface area contributed by atoms with E-state index in [2.05, 4.69) is 37.5 Å². The molecule has 4 rings (SSSR count). The molecule has 1 atom stereocenters. The van der Waals surface area contributed by atoms with Crippen LogP contribution in [0.2, 0.25) is 5.02 Å². The van der Waals surface area contributed by atoms with Crippen molar-refractivity contribution in [2.45, 2.75) is 24.3 Å². The number of nitrogens with zero attached hydrogens (tertiary/aromatic N) is 5. The van der Waals surface area contributed by atoms with Crippen molar-refractivity contribution in [3.05, 3.63) is 53.2 Å². The average molecular weight is 459 g/mol. The summed E-state index contributed by atoms with van der Waals surface area (Å²) >= 11 is 7.21. The van der Waals surface area contributed by atoms with E-state index < -0.39 is 5.25 Å². The van der Waals surface area contributed by atoms with Crippen molar-refractivity contribution in [3.63, 3.8) is 0 Å². The van der Waals surface area contributed by atoms with Gasteiger partial charge in [0.1, 0.15) is 5.82 Å². The number of anilines is 2. The molecule has 31 heavy (non-hydrogen) atoms. The average Bonchev–Trinajstić information content (AvgIpc) is 3.20. The molecule has 0 aliphatic carbocycles. The second-order valence-electron chi connectivity index (χ2n) is 7.16. The lowest BCUT2D eigenvalue weighted by molar-refractivity contribution is -0.115. The van der Waals surface area contributed by atoms with Crippen molar-refractivity contribution >= 4 is 41.0 Å². The molecular formula is C21H23ClN6O2S. The van der Waals surface area contributed by atoms with Gasteiger partial charge in [-0.15, -0.1) is 10.2 Å². The topological polar surface area (TPSA) is 85.2 Å². The predicted molar refractivity (Wildman–Crippen MR) is 122 cm³/mol. The zero-order valence-corrected chi connectivity index (χ0v) is 18.9. The molecule has 1 aliphatic heterocycles. The third-order valence-corrected chi connectivity index (χ3v) is 6.10. The first-order chi connectivity index (χ1) is 15.0. The van der Waals surface area contributed by atoms with Crippen LogP contribution in [0.25, 0.3) is 5.69 Å². The molecule has 0 saturated carbocycles. The molecule has 0 radical (unpaired) electrons. The SMILES string of the molecule is Cc1ccc(-n2c(SC(C)C(=O)Nc3ccc(Cl)cn3)nnc2N2CCOCC2)cc1. The number of aryl methyl sites for hydroxylation is 1. The Morgan fingerprint density at radius 1 is 1.16 bits per heavy atom. The second-order valence-corrected chi connectivity index (χ2v) is 8.91. The fourth-order valence-electron chi connectivity index (χ4n) is 3.12. The maximum Gasteiger partial charge on any atom is 0.238 e. The molecular weight excluding hydrogens is 436 g/mol. The molecule has 3 heterocycles. The first-order valence-corrected chi connectivity index (χ1v) is 11.2. The number of benzene rings is 1. The fraction of sp³-hybridized carbons (Fsp3) is 0.333. The molecule has 1 aliphatic rings. The molecule has 8 nitrogen and oxygen atoms in total. The van der Waals surface area contributed by atoms with Crippen LogP contribution < -0.4 is 10.2 Å². The maximum atomic E-state index is 12.7. The van der Waals surface area contributed by atoms with Crippen molar-refractivity contribution in [2.75, 3.05) is 36.5 Å². The van der Waals surface area contributed by atoms with Crippen molar-refractivity contribution in [2.24, 2.45) is 0 Å². The number of halogens is 1. The first-order valence-electron chi connectivity index (χ1n) is 9.95. The van der Waals surface area contributed by atoms with Crippen molar-refractivity contribution in [3.8, 4) is 5.69 Å². The van der Waals surface area contributed by atoms with E-state index in [0.717, 1.165) is 24.7 Å². The lowest BCUT2D eigenvalue weighted by Gasteiger charge is -2.28. The van der Waals surface area contributed by atoms with Gasteiger partial charge < -0.3 is 15.0 Å². The first kappa shape index (κ1) is 21.6. The number of thioether (sulfide) groups is 1. The highest BCUT2D eigenvalue weighted by atomic mass is 35.5. The Morgan fingerprint density at radius 2 is 1.90 bits per heavy atom. The Bertz CT molecular complexity index is 1040. The van der Waals surface area contributed by atoms with E-state index in [9.17, 15) is 4.79 Å². The zero-order valence-electron chi connectivity index (χ0n) is 17.3. The number of ether oxygens (including phenoxy) is 1. The summed E-state index contributed by atoms with van der Waals surface area (Å²) in [5, 5.41) is 12.4. The number of hydrogen-bond donors (Lipinski definition) is 1. The van der Waals surface area contributed by atoms with Gasteiger partial charge in [0, 0.05) is 19.3 Å². The smallest absolute Gasteiger partial charge is 0.238 e. The molecule has 0 spiro atoms. The molecule has 3 aromatic rings. The minimum absolute atomic E-state index is 0.175. The molecule has 1 saturated heterocycles. The lowest BCUT2D eigenvalue weighted by atomic mass is 10.2. The van der Waals surface area contributed by atoms with E-state index in [1.807, 2.05) is 30.5 Å². The van der Waals surface area contributed by atoms with Crippen LogP contribution in [0.15, 0.2) is 47.8 Å². The minimum atomic E-state index is -0.414.